The molecule has 84 valence electrons. The van der Waals surface area contributed by atoms with Crippen molar-refractivity contribution in [3.05, 3.63) is 29.8 Å². The van der Waals surface area contributed by atoms with Crippen LogP contribution in [0.4, 0.5) is 0 Å². The molecule has 0 saturated heterocycles. The summed E-state index contributed by atoms with van der Waals surface area (Å²) in [5.41, 5.74) is 1.70. The van der Waals surface area contributed by atoms with Crippen LogP contribution in [0.2, 0.25) is 0 Å². The predicted octanol–water partition coefficient (Wildman–Crippen LogP) is 2.78. The molecule has 0 radical (unpaired) electrons. The smallest absolute Gasteiger partial charge is 0.205 e. The fraction of sp³-hybridized carbons (Fsp3) is 0.308. The lowest BCUT2D eigenvalue weighted by atomic mass is 10.1. The first-order chi connectivity index (χ1) is 7.66. The van der Waals surface area contributed by atoms with Crippen LogP contribution >= 0.6 is 0 Å². The van der Waals surface area contributed by atoms with Crippen molar-refractivity contribution in [3.8, 4) is 5.88 Å². The van der Waals surface area contributed by atoms with Gasteiger partial charge in [0.1, 0.15) is 0 Å². The van der Waals surface area contributed by atoms with E-state index in [-0.39, 0.29) is 5.78 Å². The topological polar surface area (TPSA) is 31.2 Å². The van der Waals surface area contributed by atoms with E-state index >= 15 is 0 Å². The van der Waals surface area contributed by atoms with Crippen molar-refractivity contribution in [2.75, 3.05) is 6.61 Å². The van der Waals surface area contributed by atoms with E-state index in [0.717, 1.165) is 10.9 Å². The maximum Gasteiger partial charge on any atom is 0.205 e. The van der Waals surface area contributed by atoms with Gasteiger partial charge in [0.15, 0.2) is 5.78 Å². The standard InChI is InChI=1S/C13H15NO2/c1-4-16-13-12(9(2)15)10-7-5-6-8-11(10)14(13)3/h5-8H,4H2,1-3H3. The molecule has 0 aliphatic rings. The molecule has 3 heteroatoms. The lowest BCUT2D eigenvalue weighted by Gasteiger charge is -2.06. The first-order valence-corrected chi connectivity index (χ1v) is 5.38. The Morgan fingerprint density at radius 2 is 2.06 bits per heavy atom. The van der Waals surface area contributed by atoms with Gasteiger partial charge >= 0.3 is 0 Å². The van der Waals surface area contributed by atoms with Crippen LogP contribution in [0, 0.1) is 0 Å². The Morgan fingerprint density at radius 1 is 1.38 bits per heavy atom. The van der Waals surface area contributed by atoms with E-state index in [4.69, 9.17) is 4.74 Å². The van der Waals surface area contributed by atoms with Gasteiger partial charge in [0.25, 0.3) is 0 Å². The molecule has 0 unspecified atom stereocenters. The number of aryl methyl sites for hydroxylation is 1. The normalized spacial score (nSPS) is 10.7. The van der Waals surface area contributed by atoms with Crippen LogP contribution in [0.1, 0.15) is 24.2 Å². The predicted molar refractivity (Wildman–Crippen MR) is 64.1 cm³/mol. The number of nitrogens with zero attached hydrogens (tertiary/aromatic N) is 1. The summed E-state index contributed by atoms with van der Waals surface area (Å²) in [4.78, 5) is 11.7. The van der Waals surface area contributed by atoms with Crippen LogP contribution < -0.4 is 4.74 Å². The first kappa shape index (κ1) is 10.7. The zero-order valence-corrected chi connectivity index (χ0v) is 9.78. The third kappa shape index (κ3) is 1.48. The molecule has 0 fully saturated rings. The summed E-state index contributed by atoms with van der Waals surface area (Å²) in [6.45, 7) is 4.05. The lowest BCUT2D eigenvalue weighted by Crippen LogP contribution is -2.02. The Kier molecular flexibility index (Phi) is 2.69. The van der Waals surface area contributed by atoms with E-state index < -0.39 is 0 Å². The molecule has 0 amide bonds. The molecule has 1 aromatic heterocycles. The molecular formula is C13H15NO2. The summed E-state index contributed by atoms with van der Waals surface area (Å²) in [5.74, 6) is 0.705. The van der Waals surface area contributed by atoms with Crippen molar-refractivity contribution in [3.63, 3.8) is 0 Å². The highest BCUT2D eigenvalue weighted by Gasteiger charge is 2.18. The average molecular weight is 217 g/mol. The summed E-state index contributed by atoms with van der Waals surface area (Å²) in [6.07, 6.45) is 0. The number of fused-ring (bicyclic) bond motifs is 1. The van der Waals surface area contributed by atoms with Crippen LogP contribution in [0.5, 0.6) is 5.88 Å². The maximum absolute atomic E-state index is 11.7. The molecule has 0 atom stereocenters. The fourth-order valence-electron chi connectivity index (χ4n) is 2.02. The largest absolute Gasteiger partial charge is 0.479 e. The summed E-state index contributed by atoms with van der Waals surface area (Å²) >= 11 is 0. The minimum atomic E-state index is 0.0419. The number of hydrogen-bond acceptors (Lipinski definition) is 2. The van der Waals surface area contributed by atoms with Crippen LogP contribution in [0.15, 0.2) is 24.3 Å². The van der Waals surface area contributed by atoms with Gasteiger partial charge in [-0.2, -0.15) is 0 Å². The van der Waals surface area contributed by atoms with Gasteiger partial charge in [-0.25, -0.2) is 0 Å². The number of rotatable bonds is 3. The number of aromatic nitrogens is 1. The molecule has 0 spiro atoms. The Hall–Kier alpha value is -1.77. The number of carbonyl (C=O) groups excluding carboxylic acids is 1. The molecule has 16 heavy (non-hydrogen) atoms. The van der Waals surface area contributed by atoms with E-state index in [9.17, 15) is 4.79 Å². The second kappa shape index (κ2) is 4.00. The van der Waals surface area contributed by atoms with E-state index in [1.807, 2.05) is 42.8 Å². The second-order valence-corrected chi connectivity index (χ2v) is 3.75. The van der Waals surface area contributed by atoms with Crippen LogP contribution in [0.3, 0.4) is 0 Å². The van der Waals surface area contributed by atoms with E-state index in [2.05, 4.69) is 0 Å². The number of benzene rings is 1. The van der Waals surface area contributed by atoms with Crippen LogP contribution in [-0.2, 0) is 7.05 Å². The van der Waals surface area contributed by atoms with Gasteiger partial charge in [0.2, 0.25) is 5.88 Å². The first-order valence-electron chi connectivity index (χ1n) is 5.38. The molecule has 0 bridgehead atoms. The number of ketones is 1. The Balaban J connectivity index is 2.80. The molecule has 1 aromatic carbocycles. The SMILES string of the molecule is CCOc1c(C(C)=O)c2ccccc2n1C. The average Bonchev–Trinajstić information content (AvgIpc) is 2.54. The third-order valence-corrected chi connectivity index (χ3v) is 2.69. The number of ether oxygens (including phenoxy) is 1. The molecule has 0 aliphatic heterocycles. The molecular weight excluding hydrogens is 202 g/mol. The van der Waals surface area contributed by atoms with Gasteiger partial charge in [-0.05, 0) is 19.9 Å². The van der Waals surface area contributed by atoms with Gasteiger partial charge in [-0.3, -0.25) is 4.79 Å². The summed E-state index contributed by atoms with van der Waals surface area (Å²) in [5, 5.41) is 0.959. The minimum absolute atomic E-state index is 0.0419. The van der Waals surface area contributed by atoms with Crippen LogP contribution in [-0.4, -0.2) is 17.0 Å². The number of Topliss-reactive ketones (excluding diaryl/α,β-unsaturated/α-hetero) is 1. The van der Waals surface area contributed by atoms with Crippen molar-refractivity contribution in [2.24, 2.45) is 7.05 Å². The maximum atomic E-state index is 11.7. The summed E-state index contributed by atoms with van der Waals surface area (Å²) in [7, 11) is 1.92. The second-order valence-electron chi connectivity index (χ2n) is 3.75. The zero-order valence-electron chi connectivity index (χ0n) is 9.78. The zero-order chi connectivity index (χ0) is 11.7. The van der Waals surface area contributed by atoms with Crippen molar-refractivity contribution in [1.29, 1.82) is 0 Å². The molecule has 0 aliphatic carbocycles. The third-order valence-electron chi connectivity index (χ3n) is 2.69. The van der Waals surface area contributed by atoms with Gasteiger partial charge < -0.3 is 9.30 Å². The highest BCUT2D eigenvalue weighted by molar-refractivity contribution is 6.09. The van der Waals surface area contributed by atoms with E-state index in [1.54, 1.807) is 6.92 Å². The monoisotopic (exact) mass is 217 g/mol. The number of carbonyl (C=O) groups is 1. The molecule has 1 heterocycles. The summed E-state index contributed by atoms with van der Waals surface area (Å²) < 4.78 is 7.48. The van der Waals surface area contributed by atoms with Crippen molar-refractivity contribution in [2.45, 2.75) is 13.8 Å². The minimum Gasteiger partial charge on any atom is -0.479 e. The number of para-hydroxylation sites is 1. The van der Waals surface area contributed by atoms with Crippen molar-refractivity contribution < 1.29 is 9.53 Å². The highest BCUT2D eigenvalue weighted by atomic mass is 16.5. The van der Waals surface area contributed by atoms with Gasteiger partial charge in [-0.1, -0.05) is 18.2 Å². The Bertz CT molecular complexity index is 540. The lowest BCUT2D eigenvalue weighted by molar-refractivity contribution is 0.101. The molecule has 3 nitrogen and oxygen atoms in total. The van der Waals surface area contributed by atoms with Gasteiger partial charge in [0, 0.05) is 12.4 Å². The van der Waals surface area contributed by atoms with Gasteiger partial charge in [0.05, 0.1) is 17.7 Å². The van der Waals surface area contributed by atoms with Crippen LogP contribution in [0.25, 0.3) is 10.9 Å². The Morgan fingerprint density at radius 3 is 2.69 bits per heavy atom. The van der Waals surface area contributed by atoms with Gasteiger partial charge in [-0.15, -0.1) is 0 Å². The molecule has 2 aromatic rings. The quantitative estimate of drug-likeness (QED) is 0.740. The van der Waals surface area contributed by atoms with E-state index in [1.165, 1.54) is 0 Å². The van der Waals surface area contributed by atoms with Crippen molar-refractivity contribution in [1.82, 2.24) is 4.57 Å². The Labute approximate surface area is 94.6 Å². The van der Waals surface area contributed by atoms with Crippen molar-refractivity contribution >= 4 is 16.7 Å². The molecule has 2 rings (SSSR count). The fourth-order valence-corrected chi connectivity index (χ4v) is 2.02. The summed E-state index contributed by atoms with van der Waals surface area (Å²) in [6, 6.07) is 7.84. The van der Waals surface area contributed by atoms with E-state index in [0.29, 0.717) is 18.1 Å². The molecule has 0 N–H and O–H groups in total. The highest BCUT2D eigenvalue weighted by Crippen LogP contribution is 2.31. The number of hydrogen-bond donors (Lipinski definition) is 0. The molecule has 0 saturated carbocycles.